The summed E-state index contributed by atoms with van der Waals surface area (Å²) in [5, 5.41) is 10.2. The van der Waals surface area contributed by atoms with E-state index in [1.165, 1.54) is 18.2 Å². The summed E-state index contributed by atoms with van der Waals surface area (Å²) in [7, 11) is 0. The molecular weight excluding hydrogens is 267 g/mol. The third-order valence-electron chi connectivity index (χ3n) is 2.71. The molecule has 0 radical (unpaired) electrons. The molecule has 100 valence electrons. The number of rotatable bonds is 4. The van der Waals surface area contributed by atoms with Crippen LogP contribution in [-0.2, 0) is 6.61 Å². The highest BCUT2D eigenvalue weighted by Crippen LogP contribution is 2.26. The van der Waals surface area contributed by atoms with Crippen molar-refractivity contribution >= 4 is 11.6 Å². The average molecular weight is 281 g/mol. The molecule has 0 aliphatic heterocycles. The summed E-state index contributed by atoms with van der Waals surface area (Å²) in [6.07, 6.45) is -0.787. The quantitative estimate of drug-likeness (QED) is 0.913. The van der Waals surface area contributed by atoms with E-state index in [9.17, 15) is 9.50 Å². The predicted octanol–water partition coefficient (Wildman–Crippen LogP) is 4.11. The van der Waals surface area contributed by atoms with Crippen molar-refractivity contribution in [2.75, 3.05) is 0 Å². The number of hydrogen-bond acceptors (Lipinski definition) is 2. The van der Waals surface area contributed by atoms with Gasteiger partial charge in [-0.15, -0.1) is 0 Å². The molecule has 0 saturated carbocycles. The zero-order chi connectivity index (χ0) is 13.8. The SMILES string of the molecule is CC(O)c1cc(F)ccc1OCc1cccc(Cl)c1. The number of aliphatic hydroxyl groups excluding tert-OH is 1. The van der Waals surface area contributed by atoms with Crippen LogP contribution in [0, 0.1) is 5.82 Å². The number of hydrogen-bond donors (Lipinski definition) is 1. The van der Waals surface area contributed by atoms with E-state index in [1.54, 1.807) is 19.1 Å². The summed E-state index contributed by atoms with van der Waals surface area (Å²) in [5.74, 6) is 0.0716. The van der Waals surface area contributed by atoms with Crippen LogP contribution in [0.3, 0.4) is 0 Å². The summed E-state index contributed by atoms with van der Waals surface area (Å²) in [5.41, 5.74) is 1.34. The fraction of sp³-hybridized carbons (Fsp3) is 0.200. The Morgan fingerprint density at radius 1 is 1.26 bits per heavy atom. The molecule has 2 nitrogen and oxygen atoms in total. The van der Waals surface area contributed by atoms with Crippen molar-refractivity contribution in [3.63, 3.8) is 0 Å². The van der Waals surface area contributed by atoms with Gasteiger partial charge in [0, 0.05) is 10.6 Å². The second-order valence-electron chi connectivity index (χ2n) is 4.28. The summed E-state index contributed by atoms with van der Waals surface area (Å²) >= 11 is 5.88. The Kier molecular flexibility index (Phi) is 4.40. The third-order valence-corrected chi connectivity index (χ3v) is 2.94. The third kappa shape index (κ3) is 3.69. The molecule has 2 aromatic carbocycles. The number of aliphatic hydroxyl groups is 1. The summed E-state index contributed by atoms with van der Waals surface area (Å²) in [6, 6.07) is 11.4. The Labute approximate surface area is 116 Å². The van der Waals surface area contributed by atoms with Crippen LogP contribution in [0.4, 0.5) is 4.39 Å². The maximum absolute atomic E-state index is 13.1. The zero-order valence-corrected chi connectivity index (χ0v) is 11.2. The van der Waals surface area contributed by atoms with Gasteiger partial charge >= 0.3 is 0 Å². The first-order chi connectivity index (χ1) is 9.06. The minimum atomic E-state index is -0.787. The maximum Gasteiger partial charge on any atom is 0.125 e. The molecule has 2 rings (SSSR count). The van der Waals surface area contributed by atoms with Gasteiger partial charge < -0.3 is 9.84 Å². The zero-order valence-electron chi connectivity index (χ0n) is 10.4. The lowest BCUT2D eigenvalue weighted by atomic mass is 10.1. The van der Waals surface area contributed by atoms with E-state index >= 15 is 0 Å². The Balaban J connectivity index is 2.15. The largest absolute Gasteiger partial charge is 0.489 e. The van der Waals surface area contributed by atoms with Crippen molar-refractivity contribution in [2.24, 2.45) is 0 Å². The van der Waals surface area contributed by atoms with E-state index in [0.29, 0.717) is 22.9 Å². The molecule has 0 aliphatic carbocycles. The molecule has 0 amide bonds. The van der Waals surface area contributed by atoms with Crippen LogP contribution >= 0.6 is 11.6 Å². The minimum absolute atomic E-state index is 0.311. The molecular formula is C15H14ClFO2. The predicted molar refractivity (Wildman–Crippen MR) is 72.8 cm³/mol. The maximum atomic E-state index is 13.1. The lowest BCUT2D eigenvalue weighted by Gasteiger charge is -2.13. The Hall–Kier alpha value is -1.58. The van der Waals surface area contributed by atoms with E-state index in [-0.39, 0.29) is 0 Å². The van der Waals surface area contributed by atoms with Gasteiger partial charge in [-0.05, 0) is 42.8 Å². The summed E-state index contributed by atoms with van der Waals surface area (Å²) in [4.78, 5) is 0. The molecule has 0 aromatic heterocycles. The van der Waals surface area contributed by atoms with E-state index in [4.69, 9.17) is 16.3 Å². The molecule has 0 aliphatic rings. The minimum Gasteiger partial charge on any atom is -0.489 e. The van der Waals surface area contributed by atoms with E-state index in [2.05, 4.69) is 0 Å². The van der Waals surface area contributed by atoms with E-state index in [0.717, 1.165) is 5.56 Å². The van der Waals surface area contributed by atoms with Gasteiger partial charge in [0.2, 0.25) is 0 Å². The van der Waals surface area contributed by atoms with Crippen LogP contribution in [0.5, 0.6) is 5.75 Å². The van der Waals surface area contributed by atoms with Crippen LogP contribution < -0.4 is 4.74 Å². The van der Waals surface area contributed by atoms with Crippen molar-refractivity contribution in [3.8, 4) is 5.75 Å². The highest BCUT2D eigenvalue weighted by molar-refractivity contribution is 6.30. The molecule has 4 heteroatoms. The van der Waals surface area contributed by atoms with Crippen molar-refractivity contribution in [2.45, 2.75) is 19.6 Å². The highest BCUT2D eigenvalue weighted by atomic mass is 35.5. The Morgan fingerprint density at radius 3 is 2.74 bits per heavy atom. The Bertz CT molecular complexity index is 570. The first kappa shape index (κ1) is 13.8. The molecule has 0 heterocycles. The van der Waals surface area contributed by atoms with Crippen molar-refractivity contribution in [3.05, 3.63) is 64.4 Å². The average Bonchev–Trinajstić information content (AvgIpc) is 2.37. The fourth-order valence-electron chi connectivity index (χ4n) is 1.77. The van der Waals surface area contributed by atoms with Gasteiger partial charge in [-0.3, -0.25) is 0 Å². The van der Waals surface area contributed by atoms with Crippen LogP contribution in [0.25, 0.3) is 0 Å². The molecule has 1 atom stereocenters. The topological polar surface area (TPSA) is 29.5 Å². The second-order valence-corrected chi connectivity index (χ2v) is 4.71. The van der Waals surface area contributed by atoms with Gasteiger partial charge in [0.05, 0.1) is 6.10 Å². The number of ether oxygens (including phenoxy) is 1. The first-order valence-corrected chi connectivity index (χ1v) is 6.29. The lowest BCUT2D eigenvalue weighted by molar-refractivity contribution is 0.189. The second kappa shape index (κ2) is 6.04. The van der Waals surface area contributed by atoms with Crippen molar-refractivity contribution < 1.29 is 14.2 Å². The van der Waals surface area contributed by atoms with Gasteiger partial charge in [0.15, 0.2) is 0 Å². The van der Waals surface area contributed by atoms with Crippen LogP contribution in [0.1, 0.15) is 24.2 Å². The molecule has 1 N–H and O–H groups in total. The van der Waals surface area contributed by atoms with Gasteiger partial charge in [0.25, 0.3) is 0 Å². The Morgan fingerprint density at radius 2 is 2.05 bits per heavy atom. The molecule has 0 saturated heterocycles. The normalized spacial score (nSPS) is 12.2. The van der Waals surface area contributed by atoms with Gasteiger partial charge in [-0.1, -0.05) is 23.7 Å². The molecule has 1 unspecified atom stereocenters. The smallest absolute Gasteiger partial charge is 0.125 e. The lowest BCUT2D eigenvalue weighted by Crippen LogP contribution is -2.01. The molecule has 0 bridgehead atoms. The molecule has 19 heavy (non-hydrogen) atoms. The molecule has 0 spiro atoms. The van der Waals surface area contributed by atoms with Gasteiger partial charge in [0.1, 0.15) is 18.2 Å². The van der Waals surface area contributed by atoms with Crippen molar-refractivity contribution in [1.82, 2.24) is 0 Å². The molecule has 2 aromatic rings. The summed E-state index contributed by atoms with van der Waals surface area (Å²) in [6.45, 7) is 1.88. The molecule has 0 fully saturated rings. The van der Waals surface area contributed by atoms with E-state index < -0.39 is 11.9 Å². The van der Waals surface area contributed by atoms with Crippen LogP contribution in [-0.4, -0.2) is 5.11 Å². The van der Waals surface area contributed by atoms with E-state index in [1.807, 2.05) is 12.1 Å². The van der Waals surface area contributed by atoms with Gasteiger partial charge in [-0.25, -0.2) is 4.39 Å². The van der Waals surface area contributed by atoms with Crippen LogP contribution in [0.2, 0.25) is 5.02 Å². The van der Waals surface area contributed by atoms with Crippen LogP contribution in [0.15, 0.2) is 42.5 Å². The van der Waals surface area contributed by atoms with Crippen molar-refractivity contribution in [1.29, 1.82) is 0 Å². The first-order valence-electron chi connectivity index (χ1n) is 5.91. The number of benzene rings is 2. The fourth-order valence-corrected chi connectivity index (χ4v) is 1.98. The summed E-state index contributed by atoms with van der Waals surface area (Å²) < 4.78 is 18.7. The standard InChI is InChI=1S/C15H14ClFO2/c1-10(18)14-8-13(17)5-6-15(14)19-9-11-3-2-4-12(16)7-11/h2-8,10,18H,9H2,1H3. The van der Waals surface area contributed by atoms with Gasteiger partial charge in [-0.2, -0.15) is 0 Å². The highest BCUT2D eigenvalue weighted by Gasteiger charge is 2.10. The number of halogens is 2. The monoisotopic (exact) mass is 280 g/mol.